The maximum Gasteiger partial charge on any atom is 0.306 e. The van der Waals surface area contributed by atoms with Gasteiger partial charge in [-0.15, -0.1) is 0 Å². The molecule has 1 atom stereocenters. The molecule has 0 heterocycles. The van der Waals surface area contributed by atoms with Crippen LogP contribution in [0.5, 0.6) is 0 Å². The third-order valence-corrected chi connectivity index (χ3v) is 9.74. The summed E-state index contributed by atoms with van der Waals surface area (Å²) >= 11 is 0. The average molecular weight is 733 g/mol. The molecule has 0 aromatic rings. The van der Waals surface area contributed by atoms with Gasteiger partial charge < -0.3 is 14.2 Å². The van der Waals surface area contributed by atoms with Crippen molar-refractivity contribution in [2.24, 2.45) is 0 Å². The minimum atomic E-state index is -0.776. The quantitative estimate of drug-likeness (QED) is 0.0270. The second-order valence-electron chi connectivity index (χ2n) is 15.0. The van der Waals surface area contributed by atoms with Gasteiger partial charge in [-0.05, 0) is 38.5 Å². The second-order valence-corrected chi connectivity index (χ2v) is 15.0. The first-order chi connectivity index (χ1) is 25.5. The van der Waals surface area contributed by atoms with Gasteiger partial charge in [0.2, 0.25) is 0 Å². The minimum Gasteiger partial charge on any atom is -0.462 e. The van der Waals surface area contributed by atoms with Crippen LogP contribution >= 0.6 is 0 Å². The Kier molecular flexibility index (Phi) is 40.0. The zero-order valence-electron chi connectivity index (χ0n) is 34.6. The third-order valence-electron chi connectivity index (χ3n) is 9.74. The van der Waals surface area contributed by atoms with E-state index in [-0.39, 0.29) is 31.1 Å². The fourth-order valence-corrected chi connectivity index (χ4v) is 6.30. The van der Waals surface area contributed by atoms with Crippen molar-refractivity contribution in [2.75, 3.05) is 13.2 Å². The number of allylic oxidation sites excluding steroid dienone is 4. The van der Waals surface area contributed by atoms with Crippen molar-refractivity contribution in [2.45, 2.75) is 239 Å². The summed E-state index contributed by atoms with van der Waals surface area (Å²) < 4.78 is 16.6. The van der Waals surface area contributed by atoms with Gasteiger partial charge in [-0.2, -0.15) is 0 Å². The molecule has 0 bridgehead atoms. The summed E-state index contributed by atoms with van der Waals surface area (Å²) in [6.07, 6.45) is 44.5. The highest BCUT2D eigenvalue weighted by Crippen LogP contribution is 2.15. The molecule has 0 fully saturated rings. The van der Waals surface area contributed by atoms with E-state index in [1.165, 1.54) is 122 Å². The molecule has 0 aromatic carbocycles. The van der Waals surface area contributed by atoms with Crippen molar-refractivity contribution in [3.05, 3.63) is 24.3 Å². The molecule has 0 aliphatic carbocycles. The van der Waals surface area contributed by atoms with E-state index in [0.717, 1.165) is 70.6 Å². The fraction of sp³-hybridized carbons (Fsp3) is 0.848. The fourth-order valence-electron chi connectivity index (χ4n) is 6.30. The number of carbonyl (C=O) groups excluding carboxylic acids is 3. The van der Waals surface area contributed by atoms with Crippen LogP contribution in [0.2, 0.25) is 0 Å². The first kappa shape index (κ1) is 49.9. The monoisotopic (exact) mass is 733 g/mol. The van der Waals surface area contributed by atoms with Gasteiger partial charge in [-0.1, -0.05) is 199 Å². The molecule has 0 saturated heterocycles. The molecule has 1 unspecified atom stereocenters. The highest BCUT2D eigenvalue weighted by molar-refractivity contribution is 5.71. The number of esters is 3. The van der Waals surface area contributed by atoms with E-state index < -0.39 is 6.10 Å². The van der Waals surface area contributed by atoms with Crippen LogP contribution in [0.4, 0.5) is 0 Å². The predicted octanol–water partition coefficient (Wildman–Crippen LogP) is 14.0. The number of hydrogen-bond donors (Lipinski definition) is 0. The molecule has 0 amide bonds. The Morgan fingerprint density at radius 3 is 1.08 bits per heavy atom. The number of hydrogen-bond acceptors (Lipinski definition) is 6. The molecule has 6 nitrogen and oxygen atoms in total. The average Bonchev–Trinajstić information content (AvgIpc) is 3.14. The highest BCUT2D eigenvalue weighted by atomic mass is 16.6. The lowest BCUT2D eigenvalue weighted by molar-refractivity contribution is -0.167. The third kappa shape index (κ3) is 39.1. The number of unbranched alkanes of at least 4 members (excludes halogenated alkanes) is 26. The van der Waals surface area contributed by atoms with Gasteiger partial charge in [-0.3, -0.25) is 14.4 Å². The molecular weight excluding hydrogens is 648 g/mol. The SMILES string of the molecule is CCCC/C=C\C=C/CCCCCC(=O)OC(COC(=O)CCCCCCCCCCC)COC(=O)CCCCCCCCCCCCCCCC. The van der Waals surface area contributed by atoms with Crippen LogP contribution in [0.25, 0.3) is 0 Å². The van der Waals surface area contributed by atoms with E-state index in [0.29, 0.717) is 19.3 Å². The lowest BCUT2D eigenvalue weighted by Gasteiger charge is -2.18. The zero-order valence-corrected chi connectivity index (χ0v) is 34.6. The van der Waals surface area contributed by atoms with Crippen LogP contribution in [0, 0.1) is 0 Å². The Hall–Kier alpha value is -2.11. The van der Waals surface area contributed by atoms with Crippen LogP contribution in [0.15, 0.2) is 24.3 Å². The second kappa shape index (κ2) is 41.6. The maximum atomic E-state index is 12.7. The van der Waals surface area contributed by atoms with Crippen LogP contribution in [-0.4, -0.2) is 37.2 Å². The van der Waals surface area contributed by atoms with Crippen molar-refractivity contribution in [1.82, 2.24) is 0 Å². The van der Waals surface area contributed by atoms with Gasteiger partial charge in [0.15, 0.2) is 6.10 Å². The van der Waals surface area contributed by atoms with Crippen molar-refractivity contribution in [3.63, 3.8) is 0 Å². The van der Waals surface area contributed by atoms with Crippen LogP contribution < -0.4 is 0 Å². The lowest BCUT2D eigenvalue weighted by Crippen LogP contribution is -2.30. The molecule has 0 saturated carbocycles. The van der Waals surface area contributed by atoms with Crippen molar-refractivity contribution < 1.29 is 28.6 Å². The Labute approximate surface area is 322 Å². The number of carbonyl (C=O) groups is 3. The van der Waals surface area contributed by atoms with Crippen LogP contribution in [-0.2, 0) is 28.6 Å². The molecule has 0 N–H and O–H groups in total. The van der Waals surface area contributed by atoms with Crippen LogP contribution in [0.1, 0.15) is 233 Å². The Bertz CT molecular complexity index is 850. The van der Waals surface area contributed by atoms with Gasteiger partial charge in [0.25, 0.3) is 0 Å². The molecule has 0 aliphatic rings. The van der Waals surface area contributed by atoms with E-state index >= 15 is 0 Å². The molecule has 0 spiro atoms. The smallest absolute Gasteiger partial charge is 0.306 e. The van der Waals surface area contributed by atoms with Crippen molar-refractivity contribution >= 4 is 17.9 Å². The van der Waals surface area contributed by atoms with Gasteiger partial charge in [0.05, 0.1) is 0 Å². The Balaban J connectivity index is 4.35. The summed E-state index contributed by atoms with van der Waals surface area (Å²) in [6, 6.07) is 0. The Morgan fingerprint density at radius 2 is 0.692 bits per heavy atom. The first-order valence-electron chi connectivity index (χ1n) is 22.4. The van der Waals surface area contributed by atoms with E-state index in [1.807, 2.05) is 0 Å². The van der Waals surface area contributed by atoms with E-state index in [2.05, 4.69) is 45.1 Å². The summed E-state index contributed by atoms with van der Waals surface area (Å²) in [7, 11) is 0. The van der Waals surface area contributed by atoms with E-state index in [1.54, 1.807) is 0 Å². The molecular formula is C46H84O6. The topological polar surface area (TPSA) is 78.9 Å². The highest BCUT2D eigenvalue weighted by Gasteiger charge is 2.19. The van der Waals surface area contributed by atoms with E-state index in [9.17, 15) is 14.4 Å². The molecule has 304 valence electrons. The number of rotatable bonds is 40. The summed E-state index contributed by atoms with van der Waals surface area (Å²) in [4.78, 5) is 37.6. The Morgan fingerprint density at radius 1 is 0.385 bits per heavy atom. The molecule has 6 heteroatoms. The van der Waals surface area contributed by atoms with Gasteiger partial charge in [0.1, 0.15) is 13.2 Å². The normalized spacial score (nSPS) is 12.1. The molecule has 0 aromatic heterocycles. The largest absolute Gasteiger partial charge is 0.462 e. The van der Waals surface area contributed by atoms with Gasteiger partial charge in [0, 0.05) is 19.3 Å². The molecule has 0 radical (unpaired) electrons. The standard InChI is InChI=1S/C46H84O6/c1-4-7-10-13-16-19-21-22-23-25-27-30-33-36-39-45(48)51-42-43(41-50-44(47)38-35-32-29-26-18-15-12-9-6-3)52-46(49)40-37-34-31-28-24-20-17-14-11-8-5-2/h14,17,20,24,43H,4-13,15-16,18-19,21-23,25-42H2,1-3H3/b17-14-,24-20-. The summed E-state index contributed by atoms with van der Waals surface area (Å²) in [6.45, 7) is 6.54. The van der Waals surface area contributed by atoms with Crippen LogP contribution in [0.3, 0.4) is 0 Å². The first-order valence-corrected chi connectivity index (χ1v) is 22.4. The zero-order chi connectivity index (χ0) is 38.0. The summed E-state index contributed by atoms with van der Waals surface area (Å²) in [5.74, 6) is -0.905. The maximum absolute atomic E-state index is 12.7. The molecule has 0 rings (SSSR count). The number of ether oxygens (including phenoxy) is 3. The van der Waals surface area contributed by atoms with E-state index in [4.69, 9.17) is 14.2 Å². The van der Waals surface area contributed by atoms with Crippen molar-refractivity contribution in [1.29, 1.82) is 0 Å². The lowest BCUT2D eigenvalue weighted by atomic mass is 10.0. The van der Waals surface area contributed by atoms with Gasteiger partial charge in [-0.25, -0.2) is 0 Å². The minimum absolute atomic E-state index is 0.0783. The van der Waals surface area contributed by atoms with Crippen molar-refractivity contribution in [3.8, 4) is 0 Å². The predicted molar refractivity (Wildman–Crippen MR) is 219 cm³/mol. The summed E-state index contributed by atoms with van der Waals surface area (Å²) in [5, 5.41) is 0. The van der Waals surface area contributed by atoms with Gasteiger partial charge >= 0.3 is 17.9 Å². The summed E-state index contributed by atoms with van der Waals surface area (Å²) in [5.41, 5.74) is 0. The molecule has 52 heavy (non-hydrogen) atoms. The molecule has 0 aliphatic heterocycles.